The van der Waals surface area contributed by atoms with E-state index in [0.29, 0.717) is 0 Å². The van der Waals surface area contributed by atoms with Crippen LogP contribution in [-0.4, -0.2) is 18.0 Å². The SMILES string of the molecule is NC(=O)C1CCCCC12CCCN2. The molecule has 2 aliphatic rings. The lowest BCUT2D eigenvalue weighted by Gasteiger charge is -2.39. The first-order valence-electron chi connectivity index (χ1n) is 5.29. The highest BCUT2D eigenvalue weighted by atomic mass is 16.1. The molecule has 2 rings (SSSR count). The van der Waals surface area contributed by atoms with Crippen LogP contribution in [0.2, 0.25) is 0 Å². The lowest BCUT2D eigenvalue weighted by molar-refractivity contribution is -0.125. The van der Waals surface area contributed by atoms with Gasteiger partial charge in [-0.05, 0) is 32.2 Å². The quantitative estimate of drug-likeness (QED) is 0.629. The second kappa shape index (κ2) is 3.29. The molecule has 3 N–H and O–H groups in total. The molecule has 2 fully saturated rings. The highest BCUT2D eigenvalue weighted by molar-refractivity contribution is 5.78. The molecule has 0 radical (unpaired) electrons. The molecule has 0 aromatic heterocycles. The van der Waals surface area contributed by atoms with Gasteiger partial charge < -0.3 is 11.1 Å². The van der Waals surface area contributed by atoms with E-state index < -0.39 is 0 Å². The van der Waals surface area contributed by atoms with Gasteiger partial charge in [0.05, 0.1) is 5.92 Å². The Morgan fingerprint density at radius 2 is 2.08 bits per heavy atom. The average Bonchev–Trinajstić information content (AvgIpc) is 2.54. The van der Waals surface area contributed by atoms with Crippen LogP contribution in [0.15, 0.2) is 0 Å². The highest BCUT2D eigenvalue weighted by Gasteiger charge is 2.45. The standard InChI is InChI=1S/C10H18N2O/c11-9(13)8-4-1-2-5-10(8)6-3-7-12-10/h8,12H,1-7H2,(H2,11,13). The third-order valence-electron chi connectivity index (χ3n) is 3.65. The number of hydrogen-bond acceptors (Lipinski definition) is 2. The summed E-state index contributed by atoms with van der Waals surface area (Å²) in [7, 11) is 0. The van der Waals surface area contributed by atoms with Gasteiger partial charge in [0.25, 0.3) is 0 Å². The summed E-state index contributed by atoms with van der Waals surface area (Å²) >= 11 is 0. The van der Waals surface area contributed by atoms with Gasteiger partial charge in [0.15, 0.2) is 0 Å². The number of primary amides is 1. The lowest BCUT2D eigenvalue weighted by atomic mass is 9.71. The molecule has 0 aromatic rings. The van der Waals surface area contributed by atoms with E-state index in [9.17, 15) is 4.79 Å². The minimum atomic E-state index is -0.103. The van der Waals surface area contributed by atoms with Crippen LogP contribution >= 0.6 is 0 Å². The van der Waals surface area contributed by atoms with E-state index in [1.54, 1.807) is 0 Å². The van der Waals surface area contributed by atoms with Gasteiger partial charge >= 0.3 is 0 Å². The third kappa shape index (κ3) is 1.46. The summed E-state index contributed by atoms with van der Waals surface area (Å²) in [4.78, 5) is 11.3. The maximum atomic E-state index is 11.3. The van der Waals surface area contributed by atoms with Crippen LogP contribution in [0.3, 0.4) is 0 Å². The van der Waals surface area contributed by atoms with Crippen molar-refractivity contribution in [1.29, 1.82) is 0 Å². The van der Waals surface area contributed by atoms with Crippen molar-refractivity contribution in [2.24, 2.45) is 11.7 Å². The number of nitrogens with one attached hydrogen (secondary N) is 1. The Bertz CT molecular complexity index is 209. The maximum Gasteiger partial charge on any atom is 0.222 e. The molecule has 0 aromatic carbocycles. The number of carbonyl (C=O) groups is 1. The second-order valence-electron chi connectivity index (χ2n) is 4.39. The van der Waals surface area contributed by atoms with Gasteiger partial charge in [-0.2, -0.15) is 0 Å². The summed E-state index contributed by atoms with van der Waals surface area (Å²) in [5, 5.41) is 3.50. The fourth-order valence-corrected chi connectivity index (χ4v) is 2.99. The van der Waals surface area contributed by atoms with Crippen LogP contribution in [0.4, 0.5) is 0 Å². The van der Waals surface area contributed by atoms with E-state index >= 15 is 0 Å². The zero-order chi connectivity index (χ0) is 9.31. The zero-order valence-corrected chi connectivity index (χ0v) is 8.01. The summed E-state index contributed by atoms with van der Waals surface area (Å²) in [6, 6.07) is 0. The van der Waals surface area contributed by atoms with Crippen LogP contribution in [0, 0.1) is 5.92 Å². The van der Waals surface area contributed by atoms with E-state index in [4.69, 9.17) is 5.73 Å². The molecular formula is C10H18N2O. The zero-order valence-electron chi connectivity index (χ0n) is 8.01. The van der Waals surface area contributed by atoms with Gasteiger partial charge in [-0.25, -0.2) is 0 Å². The van der Waals surface area contributed by atoms with Crippen molar-refractivity contribution in [3.63, 3.8) is 0 Å². The monoisotopic (exact) mass is 182 g/mol. The number of nitrogens with two attached hydrogens (primary N) is 1. The number of amides is 1. The van der Waals surface area contributed by atoms with Crippen molar-refractivity contribution in [2.75, 3.05) is 6.54 Å². The summed E-state index contributed by atoms with van der Waals surface area (Å²) in [5.41, 5.74) is 5.53. The predicted molar refractivity (Wildman–Crippen MR) is 51.1 cm³/mol. The van der Waals surface area contributed by atoms with E-state index in [1.807, 2.05) is 0 Å². The molecule has 74 valence electrons. The Kier molecular flexibility index (Phi) is 2.28. The van der Waals surface area contributed by atoms with Crippen LogP contribution in [0.1, 0.15) is 38.5 Å². The normalized spacial score (nSPS) is 39.5. The molecule has 1 saturated carbocycles. The lowest BCUT2D eigenvalue weighted by Crippen LogP contribution is -2.53. The fraction of sp³-hybridized carbons (Fsp3) is 0.900. The topological polar surface area (TPSA) is 55.1 Å². The number of hydrogen-bond donors (Lipinski definition) is 2. The average molecular weight is 182 g/mol. The van der Waals surface area contributed by atoms with E-state index in [1.165, 1.54) is 12.8 Å². The summed E-state index contributed by atoms with van der Waals surface area (Å²) in [5.74, 6) is -0.0159. The molecule has 13 heavy (non-hydrogen) atoms. The van der Waals surface area contributed by atoms with Crippen molar-refractivity contribution < 1.29 is 4.79 Å². The van der Waals surface area contributed by atoms with Gasteiger partial charge in [0.2, 0.25) is 5.91 Å². The molecule has 1 aliphatic carbocycles. The minimum absolute atomic E-state index is 0.0868. The first kappa shape index (κ1) is 9.00. The van der Waals surface area contributed by atoms with Crippen LogP contribution in [-0.2, 0) is 4.79 Å². The van der Waals surface area contributed by atoms with Crippen LogP contribution < -0.4 is 11.1 Å². The molecular weight excluding hydrogens is 164 g/mol. The smallest absolute Gasteiger partial charge is 0.222 e. The van der Waals surface area contributed by atoms with E-state index in [-0.39, 0.29) is 17.4 Å². The number of carbonyl (C=O) groups excluding carboxylic acids is 1. The second-order valence-corrected chi connectivity index (χ2v) is 4.39. The van der Waals surface area contributed by atoms with Crippen molar-refractivity contribution in [3.8, 4) is 0 Å². The highest BCUT2D eigenvalue weighted by Crippen LogP contribution is 2.39. The van der Waals surface area contributed by atoms with Crippen LogP contribution in [0.5, 0.6) is 0 Å². The number of rotatable bonds is 1. The molecule has 1 spiro atoms. The minimum Gasteiger partial charge on any atom is -0.369 e. The Labute approximate surface area is 79.1 Å². The van der Waals surface area contributed by atoms with Crippen LogP contribution in [0.25, 0.3) is 0 Å². The molecule has 2 unspecified atom stereocenters. The first-order chi connectivity index (χ1) is 6.25. The molecule has 1 aliphatic heterocycles. The van der Waals surface area contributed by atoms with Crippen molar-refractivity contribution >= 4 is 5.91 Å². The van der Waals surface area contributed by atoms with Gasteiger partial charge in [-0.1, -0.05) is 12.8 Å². The molecule has 2 atom stereocenters. The first-order valence-corrected chi connectivity index (χ1v) is 5.29. The van der Waals surface area contributed by atoms with E-state index in [2.05, 4.69) is 5.32 Å². The molecule has 1 amide bonds. The molecule has 1 heterocycles. The molecule has 3 nitrogen and oxygen atoms in total. The maximum absolute atomic E-state index is 11.3. The van der Waals surface area contributed by atoms with Gasteiger partial charge in [-0.3, -0.25) is 4.79 Å². The van der Waals surface area contributed by atoms with E-state index in [0.717, 1.165) is 32.2 Å². The largest absolute Gasteiger partial charge is 0.369 e. The fourth-order valence-electron chi connectivity index (χ4n) is 2.99. The van der Waals surface area contributed by atoms with Crippen molar-refractivity contribution in [3.05, 3.63) is 0 Å². The van der Waals surface area contributed by atoms with Gasteiger partial charge in [0.1, 0.15) is 0 Å². The molecule has 1 saturated heterocycles. The van der Waals surface area contributed by atoms with Gasteiger partial charge in [0, 0.05) is 5.54 Å². The van der Waals surface area contributed by atoms with Crippen molar-refractivity contribution in [2.45, 2.75) is 44.1 Å². The van der Waals surface area contributed by atoms with Crippen molar-refractivity contribution in [1.82, 2.24) is 5.32 Å². The predicted octanol–water partition coefficient (Wildman–Crippen LogP) is 0.784. The Morgan fingerprint density at radius 1 is 1.31 bits per heavy atom. The summed E-state index contributed by atoms with van der Waals surface area (Å²) in [6.45, 7) is 1.06. The molecule has 0 bridgehead atoms. The third-order valence-corrected chi connectivity index (χ3v) is 3.65. The summed E-state index contributed by atoms with van der Waals surface area (Å²) in [6.07, 6.45) is 6.88. The Hall–Kier alpha value is -0.570. The Morgan fingerprint density at radius 3 is 2.69 bits per heavy atom. The molecule has 3 heteroatoms. The summed E-state index contributed by atoms with van der Waals surface area (Å²) < 4.78 is 0. The van der Waals surface area contributed by atoms with Gasteiger partial charge in [-0.15, -0.1) is 0 Å². The Balaban J connectivity index is 2.16.